The van der Waals surface area contributed by atoms with Gasteiger partial charge in [0, 0.05) is 51.4 Å². The van der Waals surface area contributed by atoms with E-state index in [0.717, 1.165) is 0 Å². The van der Waals surface area contributed by atoms with Crippen LogP contribution in [0.2, 0.25) is 0 Å². The summed E-state index contributed by atoms with van der Waals surface area (Å²) in [5.74, 6) is 0. The maximum Gasteiger partial charge on any atom is 0.394 e. The minimum absolute atomic E-state index is 0. The van der Waals surface area contributed by atoms with Crippen LogP contribution < -0.4 is 0 Å². The summed E-state index contributed by atoms with van der Waals surface area (Å²) in [5.41, 5.74) is 0. The Labute approximate surface area is 100 Å². The van der Waals surface area contributed by atoms with Crippen LogP contribution in [0.1, 0.15) is 0 Å². The molecule has 0 aliphatic heterocycles. The SMILES string of the molecule is O.O=S(=O)(O)O.[AlH3].[K]. The molecule has 0 rings (SSSR count). The first kappa shape index (κ1) is 22.5. The smallest absolute Gasteiger partial charge is 0.394 e. The maximum atomic E-state index is 8.74. The van der Waals surface area contributed by atoms with Crippen LogP contribution in [0.4, 0.5) is 0 Å². The molecule has 0 fully saturated rings. The molecule has 0 saturated heterocycles. The summed E-state index contributed by atoms with van der Waals surface area (Å²) in [6.45, 7) is 0. The van der Waals surface area contributed by atoms with Crippen molar-refractivity contribution in [2.45, 2.75) is 0 Å². The molecular weight excluding hydrogens is 178 g/mol. The molecule has 47 valence electrons. The average Bonchev–Trinajstić information content (AvgIpc) is 0.722. The fourth-order valence-electron chi connectivity index (χ4n) is 0. The Morgan fingerprint density at radius 2 is 1.12 bits per heavy atom. The molecule has 8 heavy (non-hydrogen) atoms. The molecule has 0 aliphatic carbocycles. The Kier molecular flexibility index (Phi) is 25.3. The summed E-state index contributed by atoms with van der Waals surface area (Å²) < 4.78 is 31.6. The summed E-state index contributed by atoms with van der Waals surface area (Å²) in [7, 11) is -4.67. The van der Waals surface area contributed by atoms with Crippen molar-refractivity contribution < 1.29 is 23.0 Å². The zero-order chi connectivity index (χ0) is 4.50. The van der Waals surface area contributed by atoms with Crippen molar-refractivity contribution in [1.29, 1.82) is 0 Å². The predicted molar refractivity (Wildman–Crippen MR) is 33.5 cm³/mol. The van der Waals surface area contributed by atoms with Gasteiger partial charge in [0.1, 0.15) is 0 Å². The quantitative estimate of drug-likeness (QED) is 0.309. The van der Waals surface area contributed by atoms with Gasteiger partial charge >= 0.3 is 10.4 Å². The van der Waals surface area contributed by atoms with E-state index in [0.29, 0.717) is 0 Å². The number of hydrogen-bond donors (Lipinski definition) is 2. The van der Waals surface area contributed by atoms with E-state index in [1.807, 2.05) is 0 Å². The molecule has 0 saturated carbocycles. The van der Waals surface area contributed by atoms with Gasteiger partial charge in [0.05, 0.1) is 0 Å². The Balaban J connectivity index is -0.0000000267. The summed E-state index contributed by atoms with van der Waals surface area (Å²) in [4.78, 5) is 0. The average molecular weight is 185 g/mol. The molecular formula is H7AlKO5S. The Morgan fingerprint density at radius 1 is 1.12 bits per heavy atom. The maximum absolute atomic E-state index is 8.74. The molecule has 0 aromatic heterocycles. The van der Waals surface area contributed by atoms with Crippen LogP contribution in [0, 0.1) is 0 Å². The van der Waals surface area contributed by atoms with E-state index in [9.17, 15) is 0 Å². The Hall–Kier alpha value is 2.00. The second-order valence-corrected chi connectivity index (χ2v) is 1.34. The fourth-order valence-corrected chi connectivity index (χ4v) is 0. The summed E-state index contributed by atoms with van der Waals surface area (Å²) in [6.07, 6.45) is 0. The third-order valence-corrected chi connectivity index (χ3v) is 0. The van der Waals surface area contributed by atoms with Crippen LogP contribution in [-0.2, 0) is 10.4 Å². The molecule has 0 aromatic carbocycles. The van der Waals surface area contributed by atoms with Crippen LogP contribution in [0.3, 0.4) is 0 Å². The standard InChI is InChI=1S/Al.K.H2O4S.H2O.3H/c;;1-5(2,3)4;;;;/h;;(H2,1,2,3,4);1H2;;;. The molecule has 4 N–H and O–H groups in total. The van der Waals surface area contributed by atoms with E-state index in [-0.39, 0.29) is 74.2 Å². The third kappa shape index (κ3) is 98.1. The molecule has 0 aliphatic rings. The van der Waals surface area contributed by atoms with Gasteiger partial charge in [-0.05, 0) is 0 Å². The first-order chi connectivity index (χ1) is 2.00. The first-order valence-corrected chi connectivity index (χ1v) is 2.10. The monoisotopic (exact) mass is 185 g/mol. The van der Waals surface area contributed by atoms with Crippen LogP contribution >= 0.6 is 0 Å². The van der Waals surface area contributed by atoms with E-state index < -0.39 is 10.4 Å². The molecule has 1 radical (unpaired) electrons. The fraction of sp³-hybridized carbons (Fsp3) is 0. The second kappa shape index (κ2) is 9.00. The molecule has 0 atom stereocenters. The van der Waals surface area contributed by atoms with Gasteiger partial charge in [0.2, 0.25) is 0 Å². The first-order valence-electron chi connectivity index (χ1n) is 0.698. The third-order valence-electron chi connectivity index (χ3n) is 0. The van der Waals surface area contributed by atoms with Crippen LogP contribution in [0.5, 0.6) is 0 Å². The zero-order valence-corrected chi connectivity index (χ0v) is 7.56. The normalized spacial score (nSPS) is 7.25. The molecule has 5 nitrogen and oxygen atoms in total. The van der Waals surface area contributed by atoms with E-state index in [1.54, 1.807) is 0 Å². The van der Waals surface area contributed by atoms with Crippen molar-refractivity contribution >= 4 is 79.1 Å². The summed E-state index contributed by atoms with van der Waals surface area (Å²) in [5, 5.41) is 0. The van der Waals surface area contributed by atoms with Crippen molar-refractivity contribution in [3.63, 3.8) is 0 Å². The number of hydrogen-bond acceptors (Lipinski definition) is 2. The van der Waals surface area contributed by atoms with Gasteiger partial charge in [0.25, 0.3) is 0 Å². The Morgan fingerprint density at radius 3 is 1.12 bits per heavy atom. The van der Waals surface area contributed by atoms with Crippen molar-refractivity contribution in [2.24, 2.45) is 0 Å². The van der Waals surface area contributed by atoms with Crippen LogP contribution in [0.15, 0.2) is 0 Å². The van der Waals surface area contributed by atoms with Crippen LogP contribution in [-0.4, -0.2) is 91.7 Å². The Bertz CT molecular complexity index is 95.6. The molecule has 0 unspecified atom stereocenters. The molecule has 8 heteroatoms. The minimum atomic E-state index is -4.67. The van der Waals surface area contributed by atoms with Crippen molar-refractivity contribution in [3.8, 4) is 0 Å². The van der Waals surface area contributed by atoms with Crippen molar-refractivity contribution in [2.75, 3.05) is 0 Å². The van der Waals surface area contributed by atoms with E-state index in [4.69, 9.17) is 17.5 Å². The predicted octanol–water partition coefficient (Wildman–Crippen LogP) is -3.04. The number of rotatable bonds is 0. The van der Waals surface area contributed by atoms with Crippen molar-refractivity contribution in [3.05, 3.63) is 0 Å². The van der Waals surface area contributed by atoms with E-state index in [2.05, 4.69) is 0 Å². The van der Waals surface area contributed by atoms with Gasteiger partial charge in [0.15, 0.2) is 17.4 Å². The molecule has 0 spiro atoms. The van der Waals surface area contributed by atoms with Gasteiger partial charge in [-0.1, -0.05) is 0 Å². The van der Waals surface area contributed by atoms with E-state index >= 15 is 0 Å². The molecule has 0 heterocycles. The van der Waals surface area contributed by atoms with Gasteiger partial charge in [-0.15, -0.1) is 0 Å². The van der Waals surface area contributed by atoms with Gasteiger partial charge in [-0.2, -0.15) is 8.42 Å². The van der Waals surface area contributed by atoms with E-state index in [1.165, 1.54) is 0 Å². The van der Waals surface area contributed by atoms with Gasteiger partial charge < -0.3 is 5.48 Å². The molecule has 0 bridgehead atoms. The minimum Gasteiger partial charge on any atom is -0.412 e. The van der Waals surface area contributed by atoms with Crippen LogP contribution in [0.25, 0.3) is 0 Å². The second-order valence-electron chi connectivity index (χ2n) is 0.448. The van der Waals surface area contributed by atoms with Gasteiger partial charge in [-0.25, -0.2) is 0 Å². The molecule has 0 amide bonds. The topological polar surface area (TPSA) is 106 Å². The van der Waals surface area contributed by atoms with Crippen molar-refractivity contribution in [1.82, 2.24) is 0 Å². The zero-order valence-electron chi connectivity index (χ0n) is 3.62. The summed E-state index contributed by atoms with van der Waals surface area (Å²) >= 11 is 0. The summed E-state index contributed by atoms with van der Waals surface area (Å²) in [6, 6.07) is 0. The van der Waals surface area contributed by atoms with Gasteiger partial charge in [-0.3, -0.25) is 9.11 Å². The molecule has 0 aromatic rings. The largest absolute Gasteiger partial charge is 0.412 e.